The van der Waals surface area contributed by atoms with E-state index in [4.69, 9.17) is 5.73 Å². The van der Waals surface area contributed by atoms with Gasteiger partial charge in [0, 0.05) is 31.4 Å². The van der Waals surface area contributed by atoms with Crippen molar-refractivity contribution in [3.63, 3.8) is 0 Å². The number of piperidine rings is 1. The fourth-order valence-corrected chi connectivity index (χ4v) is 4.59. The summed E-state index contributed by atoms with van der Waals surface area (Å²) in [6.07, 6.45) is 1.73. The van der Waals surface area contributed by atoms with Crippen LogP contribution in [0.25, 0.3) is 5.57 Å². The molecule has 37 heavy (non-hydrogen) atoms. The molecule has 0 radical (unpaired) electrons. The Balaban J connectivity index is 1.79. The number of phenolic OH excluding ortho intramolecular Hbond substituents is 1. The molecule has 2 unspecified atom stereocenters. The molecule has 2 heterocycles. The van der Waals surface area contributed by atoms with Crippen LogP contribution in [0.5, 0.6) is 5.75 Å². The van der Waals surface area contributed by atoms with Crippen molar-refractivity contribution in [3.05, 3.63) is 47.7 Å². The van der Waals surface area contributed by atoms with E-state index in [1.165, 1.54) is 10.9 Å². The first-order valence-corrected chi connectivity index (χ1v) is 12.1. The van der Waals surface area contributed by atoms with Crippen molar-refractivity contribution in [2.75, 3.05) is 25.5 Å². The van der Waals surface area contributed by atoms with Crippen LogP contribution in [0.4, 0.5) is 15.0 Å². The molecule has 0 bridgehead atoms. The number of aromatic nitrogens is 2. The quantitative estimate of drug-likeness (QED) is 0.437. The Morgan fingerprint density at radius 1 is 1.43 bits per heavy atom. The van der Waals surface area contributed by atoms with Gasteiger partial charge < -0.3 is 15.6 Å². The Bertz CT molecular complexity index is 1210. The molecule has 1 saturated heterocycles. The first-order chi connectivity index (χ1) is 17.6. The van der Waals surface area contributed by atoms with Gasteiger partial charge in [-0.2, -0.15) is 10.4 Å². The number of nitrogens with two attached hydrogens (primary N) is 1. The molecular formula is C26H33FN6O4. The fourth-order valence-electron chi connectivity index (χ4n) is 4.59. The summed E-state index contributed by atoms with van der Waals surface area (Å²) >= 11 is 0. The molecule has 4 N–H and O–H groups in total. The smallest absolute Gasteiger partial charge is 0.412 e. The molecule has 1 fully saturated rings. The predicted molar refractivity (Wildman–Crippen MR) is 136 cm³/mol. The average molecular weight is 513 g/mol. The largest absolute Gasteiger partial charge is 0.507 e. The van der Waals surface area contributed by atoms with Gasteiger partial charge in [-0.15, -0.1) is 0 Å². The number of carbonyl (C=O) groups excluding carboxylic acids is 2. The number of carbonyl (C=O) groups is 2. The Labute approximate surface area is 215 Å². The highest BCUT2D eigenvalue weighted by molar-refractivity contribution is 6.00. The molecule has 2 amide bonds. The lowest BCUT2D eigenvalue weighted by Crippen LogP contribution is -2.54. The second-order valence-corrected chi connectivity index (χ2v) is 9.27. The highest BCUT2D eigenvalue weighted by Gasteiger charge is 2.46. The summed E-state index contributed by atoms with van der Waals surface area (Å²) in [5.41, 5.74) is 6.37. The molecule has 10 nitrogen and oxygen atoms in total. The summed E-state index contributed by atoms with van der Waals surface area (Å²) < 4.78 is 21.6. The normalized spacial score (nSPS) is 19.7. The number of nitriles is 1. The summed E-state index contributed by atoms with van der Waals surface area (Å²) in [4.78, 5) is 25.5. The number of primary amides is 1. The zero-order valence-corrected chi connectivity index (χ0v) is 21.2. The average Bonchev–Trinajstić information content (AvgIpc) is 3.29. The van der Waals surface area contributed by atoms with Gasteiger partial charge >= 0.3 is 6.09 Å². The number of amides is 2. The number of benzene rings is 1. The van der Waals surface area contributed by atoms with Gasteiger partial charge in [0.1, 0.15) is 23.0 Å². The highest BCUT2D eigenvalue weighted by Crippen LogP contribution is 2.37. The minimum atomic E-state index is -1.52. The van der Waals surface area contributed by atoms with Gasteiger partial charge in [-0.05, 0) is 36.5 Å². The number of hydrogen-bond donors (Lipinski definition) is 3. The number of phenols is 1. The molecule has 198 valence electrons. The molecule has 1 aliphatic rings. The van der Waals surface area contributed by atoms with Crippen LogP contribution in [0.15, 0.2) is 31.0 Å². The van der Waals surface area contributed by atoms with E-state index >= 15 is 4.39 Å². The number of halogens is 1. The molecule has 11 heteroatoms. The number of nitrogens with zero attached hydrogens (tertiary/aromatic N) is 4. The lowest BCUT2D eigenvalue weighted by molar-refractivity contribution is 0.00692. The number of aromatic hydroxyl groups is 1. The molecule has 1 aliphatic heterocycles. The molecule has 1 aromatic carbocycles. The van der Waals surface area contributed by atoms with E-state index in [9.17, 15) is 20.0 Å². The summed E-state index contributed by atoms with van der Waals surface area (Å²) in [6.45, 7) is 6.99. The second-order valence-electron chi connectivity index (χ2n) is 9.27. The summed E-state index contributed by atoms with van der Waals surface area (Å²) in [6, 6.07) is 7.44. The number of alkyl halides is 1. The van der Waals surface area contributed by atoms with Crippen molar-refractivity contribution in [2.24, 2.45) is 5.73 Å². The Hall–Kier alpha value is -3.91. The maximum atomic E-state index is 15.8. The molecule has 1 aromatic heterocycles. The second kappa shape index (κ2) is 11.9. The zero-order chi connectivity index (χ0) is 27.2. The first kappa shape index (κ1) is 27.7. The topological polar surface area (TPSA) is 146 Å². The van der Waals surface area contributed by atoms with Crippen molar-refractivity contribution >= 4 is 23.4 Å². The highest BCUT2D eigenvalue weighted by atomic mass is 19.1. The van der Waals surface area contributed by atoms with Gasteiger partial charge in [0.2, 0.25) is 0 Å². The van der Waals surface area contributed by atoms with Crippen molar-refractivity contribution < 1.29 is 23.8 Å². The van der Waals surface area contributed by atoms with E-state index in [0.717, 1.165) is 37.5 Å². The number of methoxy groups -OCH3 is 1. The van der Waals surface area contributed by atoms with E-state index in [2.05, 4.69) is 28.7 Å². The van der Waals surface area contributed by atoms with Crippen LogP contribution in [0.3, 0.4) is 0 Å². The molecule has 0 aliphatic carbocycles. The van der Waals surface area contributed by atoms with E-state index in [1.807, 2.05) is 23.1 Å². The fraction of sp³-hybridized carbons (Fsp3) is 0.462. The first-order valence-electron chi connectivity index (χ1n) is 12.1. The zero-order valence-electron chi connectivity index (χ0n) is 21.2. The van der Waals surface area contributed by atoms with Crippen LogP contribution in [0.1, 0.15) is 60.5 Å². The number of rotatable bonds is 10. The van der Waals surface area contributed by atoms with Crippen LogP contribution in [-0.4, -0.2) is 58.2 Å². The number of hydrogen-bond acceptors (Lipinski definition) is 7. The molecule has 0 spiro atoms. The summed E-state index contributed by atoms with van der Waals surface area (Å²) in [5.74, 6) is -0.881. The lowest BCUT2D eigenvalue weighted by atomic mass is 9.83. The van der Waals surface area contributed by atoms with Gasteiger partial charge in [-0.3, -0.25) is 19.7 Å². The molecular weight excluding hydrogens is 479 g/mol. The predicted octanol–water partition coefficient (Wildman–Crippen LogP) is 3.92. The van der Waals surface area contributed by atoms with Crippen molar-refractivity contribution in [1.82, 2.24) is 14.7 Å². The molecule has 3 rings (SSSR count). The van der Waals surface area contributed by atoms with E-state index in [1.54, 1.807) is 6.07 Å². The van der Waals surface area contributed by atoms with Gasteiger partial charge in [0.15, 0.2) is 5.82 Å². The van der Waals surface area contributed by atoms with Gasteiger partial charge in [-0.25, -0.2) is 9.18 Å². The minimum Gasteiger partial charge on any atom is -0.507 e. The van der Waals surface area contributed by atoms with Gasteiger partial charge in [0.05, 0.1) is 19.6 Å². The van der Waals surface area contributed by atoms with Crippen molar-refractivity contribution in [3.8, 4) is 11.8 Å². The Kier molecular flexibility index (Phi) is 8.89. The van der Waals surface area contributed by atoms with E-state index in [-0.39, 0.29) is 36.5 Å². The SMILES string of the molecule is C=C(CCCC)c1ccc(CN2CCC(CC#N)(n3cc(C(N)=O)c(NC(=O)OC)n3)C(F)C2)cc1O. The standard InChI is InChI=1S/C26H33FN6O4/c1-4-5-6-17(2)19-8-7-18(13-21(19)34)14-32-12-10-26(9-11-28,22(27)16-32)33-15-20(23(29)35)24(31-33)30-25(36)37-3/h7-8,13,15,22,34H,2,4-6,9-10,12,14,16H2,1,3H3,(H2,29,35)(H,30,31,36). The maximum Gasteiger partial charge on any atom is 0.412 e. The molecule has 2 atom stereocenters. The number of likely N-dealkylation sites (tertiary alicyclic amines) is 1. The minimum absolute atomic E-state index is 0.00106. The third-order valence-electron chi connectivity index (χ3n) is 6.77. The summed E-state index contributed by atoms with van der Waals surface area (Å²) in [5, 5.41) is 26.5. The van der Waals surface area contributed by atoms with Crippen LogP contribution >= 0.6 is 0 Å². The third kappa shape index (κ3) is 6.09. The van der Waals surface area contributed by atoms with E-state index in [0.29, 0.717) is 18.7 Å². The van der Waals surface area contributed by atoms with E-state index < -0.39 is 23.7 Å². The number of anilines is 1. The number of unbranched alkanes of at least 4 members (excludes halogenated alkanes) is 1. The third-order valence-corrected chi connectivity index (χ3v) is 6.77. The van der Waals surface area contributed by atoms with Gasteiger partial charge in [-0.1, -0.05) is 32.1 Å². The van der Waals surface area contributed by atoms with Crippen molar-refractivity contribution in [1.29, 1.82) is 5.26 Å². The van der Waals surface area contributed by atoms with Gasteiger partial charge in [0.25, 0.3) is 5.91 Å². The van der Waals surface area contributed by atoms with Crippen LogP contribution in [0.2, 0.25) is 0 Å². The number of nitrogens with one attached hydrogen (secondary N) is 1. The number of ether oxygens (including phenoxy) is 1. The van der Waals surface area contributed by atoms with Crippen LogP contribution < -0.4 is 11.1 Å². The number of allylic oxidation sites excluding steroid dienone is 1. The maximum absolute atomic E-state index is 15.8. The van der Waals surface area contributed by atoms with Crippen LogP contribution in [-0.2, 0) is 16.8 Å². The molecule has 2 aromatic rings. The summed E-state index contributed by atoms with van der Waals surface area (Å²) in [7, 11) is 1.15. The Morgan fingerprint density at radius 2 is 2.19 bits per heavy atom. The molecule has 0 saturated carbocycles. The monoisotopic (exact) mass is 512 g/mol. The lowest BCUT2D eigenvalue weighted by Gasteiger charge is -2.43. The Morgan fingerprint density at radius 3 is 2.78 bits per heavy atom. The van der Waals surface area contributed by atoms with Crippen molar-refractivity contribution in [2.45, 2.75) is 57.3 Å². The van der Waals surface area contributed by atoms with Crippen LogP contribution in [0, 0.1) is 11.3 Å².